The molecule has 0 bridgehead atoms. The molecule has 3 aromatic carbocycles. The van der Waals surface area contributed by atoms with Gasteiger partial charge in [-0.1, -0.05) is 65.7 Å². The molecular weight excluding hydrogens is 459 g/mol. The molecule has 0 spiro atoms. The fraction of sp³-hybridized carbons (Fsp3) is 0.154. The molecule has 166 valence electrons. The second-order valence-corrected chi connectivity index (χ2v) is 8.91. The molecule has 0 radical (unpaired) electrons. The number of nitrogens with zero attached hydrogens (tertiary/aromatic N) is 1. The van der Waals surface area contributed by atoms with Crippen LogP contribution in [0.15, 0.2) is 72.4 Å². The van der Waals surface area contributed by atoms with Crippen molar-refractivity contribution < 1.29 is 14.3 Å². The fourth-order valence-electron chi connectivity index (χ4n) is 4.12. The lowest BCUT2D eigenvalue weighted by atomic mass is 9.91. The van der Waals surface area contributed by atoms with Crippen molar-refractivity contribution in [1.29, 1.82) is 0 Å². The monoisotopic (exact) mass is 478 g/mol. The smallest absolute Gasteiger partial charge is 0.271 e. The van der Waals surface area contributed by atoms with Crippen LogP contribution in [0.25, 0.3) is 6.08 Å². The number of rotatable bonds is 4. The SMILES string of the molecule is O=C1NC(=Cc2ccc(OCc3ccc(Cl)cc3Cl)cc2)C(=O)N2Cc3ccccc3CC12. The zero-order valence-corrected chi connectivity index (χ0v) is 19.1. The van der Waals surface area contributed by atoms with Crippen molar-refractivity contribution in [2.75, 3.05) is 0 Å². The minimum atomic E-state index is -0.472. The number of ether oxygens (including phenoxy) is 1. The summed E-state index contributed by atoms with van der Waals surface area (Å²) in [5.41, 5.74) is 4.09. The summed E-state index contributed by atoms with van der Waals surface area (Å²) in [7, 11) is 0. The van der Waals surface area contributed by atoms with Gasteiger partial charge in [-0.3, -0.25) is 9.59 Å². The van der Waals surface area contributed by atoms with E-state index in [4.69, 9.17) is 27.9 Å². The number of benzene rings is 3. The summed E-state index contributed by atoms with van der Waals surface area (Å²) in [5.74, 6) is 0.330. The van der Waals surface area contributed by atoms with Gasteiger partial charge in [0.15, 0.2) is 0 Å². The van der Waals surface area contributed by atoms with Gasteiger partial charge in [0.05, 0.1) is 0 Å². The lowest BCUT2D eigenvalue weighted by Gasteiger charge is -2.39. The average molecular weight is 479 g/mol. The Morgan fingerprint density at radius 2 is 1.76 bits per heavy atom. The van der Waals surface area contributed by atoms with Crippen LogP contribution in [0.3, 0.4) is 0 Å². The maximum atomic E-state index is 13.1. The molecule has 1 unspecified atom stereocenters. The Hall–Kier alpha value is -3.28. The zero-order valence-electron chi connectivity index (χ0n) is 17.6. The maximum Gasteiger partial charge on any atom is 0.271 e. The maximum absolute atomic E-state index is 13.1. The molecule has 33 heavy (non-hydrogen) atoms. The lowest BCUT2D eigenvalue weighted by molar-refractivity contribution is -0.143. The Morgan fingerprint density at radius 1 is 1.00 bits per heavy atom. The highest BCUT2D eigenvalue weighted by Gasteiger charge is 2.40. The van der Waals surface area contributed by atoms with Gasteiger partial charge in [-0.05, 0) is 47.0 Å². The van der Waals surface area contributed by atoms with Gasteiger partial charge in [-0.2, -0.15) is 0 Å². The summed E-state index contributed by atoms with van der Waals surface area (Å²) < 4.78 is 5.81. The molecule has 2 heterocycles. The van der Waals surface area contributed by atoms with Crippen molar-refractivity contribution in [3.8, 4) is 5.75 Å². The van der Waals surface area contributed by atoms with Crippen molar-refractivity contribution in [3.63, 3.8) is 0 Å². The molecule has 1 saturated heterocycles. The van der Waals surface area contributed by atoms with E-state index in [1.54, 1.807) is 23.1 Å². The van der Waals surface area contributed by atoms with Crippen LogP contribution in [0.2, 0.25) is 10.0 Å². The first kappa shape index (κ1) is 21.6. The minimum absolute atomic E-state index is 0.157. The molecule has 2 aliphatic rings. The summed E-state index contributed by atoms with van der Waals surface area (Å²) >= 11 is 12.1. The van der Waals surface area contributed by atoms with Crippen molar-refractivity contribution in [2.24, 2.45) is 0 Å². The summed E-state index contributed by atoms with van der Waals surface area (Å²) in [5, 5.41) is 3.92. The molecule has 5 nitrogen and oxygen atoms in total. The highest BCUT2D eigenvalue weighted by molar-refractivity contribution is 6.35. The minimum Gasteiger partial charge on any atom is -0.489 e. The Bertz CT molecular complexity index is 1270. The standard InChI is InChI=1S/C26H20Cl2N2O3/c27-20-8-7-19(22(28)13-20)15-33-21-9-5-16(6-10-21)11-23-26(32)30-14-18-4-2-1-3-17(18)12-24(30)25(31)29-23/h1-11,13,24H,12,14-15H2,(H,29,31). The van der Waals surface area contributed by atoms with Gasteiger partial charge < -0.3 is 15.0 Å². The van der Waals surface area contributed by atoms with Crippen LogP contribution in [-0.2, 0) is 29.2 Å². The Kier molecular flexibility index (Phi) is 5.83. The van der Waals surface area contributed by atoms with Gasteiger partial charge in [-0.25, -0.2) is 0 Å². The summed E-state index contributed by atoms with van der Waals surface area (Å²) in [6.07, 6.45) is 2.22. The van der Waals surface area contributed by atoms with Gasteiger partial charge >= 0.3 is 0 Å². The van der Waals surface area contributed by atoms with Crippen LogP contribution in [0.5, 0.6) is 5.75 Å². The van der Waals surface area contributed by atoms with Crippen molar-refractivity contribution in [3.05, 3.63) is 105 Å². The van der Waals surface area contributed by atoms with Gasteiger partial charge in [0, 0.05) is 28.6 Å². The van der Waals surface area contributed by atoms with E-state index < -0.39 is 6.04 Å². The van der Waals surface area contributed by atoms with Crippen LogP contribution in [0.4, 0.5) is 0 Å². The number of halogens is 2. The number of hydrogen-bond acceptors (Lipinski definition) is 3. The second kappa shape index (κ2) is 8.93. The van der Waals surface area contributed by atoms with Crippen LogP contribution in [0, 0.1) is 0 Å². The number of nitrogens with one attached hydrogen (secondary N) is 1. The molecule has 1 fully saturated rings. The third-order valence-corrected chi connectivity index (χ3v) is 6.49. The van der Waals surface area contributed by atoms with Gasteiger partial charge in [-0.15, -0.1) is 0 Å². The Morgan fingerprint density at radius 3 is 2.52 bits per heavy atom. The first-order valence-electron chi connectivity index (χ1n) is 10.5. The van der Waals surface area contributed by atoms with E-state index in [1.807, 2.05) is 54.6 Å². The van der Waals surface area contributed by atoms with E-state index in [0.29, 0.717) is 35.4 Å². The zero-order chi connectivity index (χ0) is 22.9. The van der Waals surface area contributed by atoms with Gasteiger partial charge in [0.2, 0.25) is 5.91 Å². The average Bonchev–Trinajstić information content (AvgIpc) is 2.82. The molecule has 0 aromatic heterocycles. The third-order valence-electron chi connectivity index (χ3n) is 5.90. The number of carbonyl (C=O) groups is 2. The lowest BCUT2D eigenvalue weighted by Crippen LogP contribution is -2.58. The van der Waals surface area contributed by atoms with Crippen LogP contribution >= 0.6 is 23.2 Å². The molecule has 0 aliphatic carbocycles. The predicted molar refractivity (Wildman–Crippen MR) is 128 cm³/mol. The molecular formula is C26H20Cl2N2O3. The van der Waals surface area contributed by atoms with E-state index in [-0.39, 0.29) is 17.5 Å². The predicted octanol–water partition coefficient (Wildman–Crippen LogP) is 5.00. The van der Waals surface area contributed by atoms with E-state index in [2.05, 4.69) is 5.32 Å². The number of piperazine rings is 1. The summed E-state index contributed by atoms with van der Waals surface area (Å²) in [4.78, 5) is 27.5. The number of carbonyl (C=O) groups excluding carboxylic acids is 2. The fourth-order valence-corrected chi connectivity index (χ4v) is 4.58. The largest absolute Gasteiger partial charge is 0.489 e. The van der Waals surface area contributed by atoms with Crippen molar-refractivity contribution in [1.82, 2.24) is 10.2 Å². The number of hydrogen-bond donors (Lipinski definition) is 1. The quantitative estimate of drug-likeness (QED) is 0.536. The number of amides is 2. The topological polar surface area (TPSA) is 58.6 Å². The molecule has 0 saturated carbocycles. The van der Waals surface area contributed by atoms with Gasteiger partial charge in [0.1, 0.15) is 24.1 Å². The third kappa shape index (κ3) is 4.47. The summed E-state index contributed by atoms with van der Waals surface area (Å²) in [6, 6.07) is 20.0. The molecule has 5 rings (SSSR count). The van der Waals surface area contributed by atoms with Crippen LogP contribution in [-0.4, -0.2) is 22.8 Å². The Balaban J connectivity index is 1.29. The first-order valence-corrected chi connectivity index (χ1v) is 11.3. The number of fused-ring (bicyclic) bond motifs is 2. The normalized spacial score (nSPS) is 18.5. The Labute approximate surface area is 201 Å². The molecule has 2 amide bonds. The van der Waals surface area contributed by atoms with E-state index >= 15 is 0 Å². The van der Waals surface area contributed by atoms with Gasteiger partial charge in [0.25, 0.3) is 5.91 Å². The molecule has 2 aliphatic heterocycles. The molecule has 1 N–H and O–H groups in total. The van der Waals surface area contributed by atoms with Crippen molar-refractivity contribution in [2.45, 2.75) is 25.6 Å². The van der Waals surface area contributed by atoms with Crippen LogP contribution in [0.1, 0.15) is 22.3 Å². The van der Waals surface area contributed by atoms with E-state index in [0.717, 1.165) is 22.3 Å². The van der Waals surface area contributed by atoms with E-state index in [9.17, 15) is 9.59 Å². The highest BCUT2D eigenvalue weighted by Crippen LogP contribution is 2.28. The second-order valence-electron chi connectivity index (χ2n) is 8.06. The highest BCUT2D eigenvalue weighted by atomic mass is 35.5. The van der Waals surface area contributed by atoms with Crippen LogP contribution < -0.4 is 10.1 Å². The summed E-state index contributed by atoms with van der Waals surface area (Å²) in [6.45, 7) is 0.743. The molecule has 3 aromatic rings. The van der Waals surface area contributed by atoms with Crippen molar-refractivity contribution >= 4 is 41.1 Å². The molecule has 7 heteroatoms. The van der Waals surface area contributed by atoms with E-state index in [1.165, 1.54) is 0 Å². The molecule has 1 atom stereocenters. The first-order chi connectivity index (χ1) is 16.0.